The van der Waals surface area contributed by atoms with Gasteiger partial charge in [-0.1, -0.05) is 43.3 Å². The molecule has 47 heavy (non-hydrogen) atoms. The molecule has 5 aliphatic rings. The maximum atomic E-state index is 14.6. The van der Waals surface area contributed by atoms with Gasteiger partial charge in [-0.25, -0.2) is 0 Å². The monoisotopic (exact) mass is 634 g/mol. The van der Waals surface area contributed by atoms with Crippen molar-refractivity contribution in [1.82, 2.24) is 4.90 Å². The first kappa shape index (κ1) is 29.8. The minimum Gasteiger partial charge on any atom is -0.394 e. The molecule has 5 aliphatic heterocycles. The number of nitrogens with zero attached hydrogens (tertiary/aromatic N) is 4. The van der Waals surface area contributed by atoms with Crippen LogP contribution < -0.4 is 14.7 Å². The molecule has 10 nitrogen and oxygen atoms in total. The number of β-lactam (4-membered cyclic amide) rings is 2. The summed E-state index contributed by atoms with van der Waals surface area (Å²) in [5, 5.41) is 10.2. The Kier molecular flexibility index (Phi) is 7.18. The molecule has 0 saturated carbocycles. The summed E-state index contributed by atoms with van der Waals surface area (Å²) >= 11 is 0. The van der Waals surface area contributed by atoms with E-state index in [2.05, 4.69) is 0 Å². The van der Waals surface area contributed by atoms with Crippen molar-refractivity contribution in [2.45, 2.75) is 69.9 Å². The first-order chi connectivity index (χ1) is 22.8. The number of hydrogen-bond acceptors (Lipinski definition) is 6. The van der Waals surface area contributed by atoms with E-state index in [0.29, 0.717) is 51.9 Å². The number of carbonyl (C=O) groups excluding carboxylic acids is 4. The van der Waals surface area contributed by atoms with Gasteiger partial charge >= 0.3 is 0 Å². The van der Waals surface area contributed by atoms with Crippen LogP contribution >= 0.6 is 0 Å². The lowest BCUT2D eigenvalue weighted by molar-refractivity contribution is -0.151. The SMILES string of the molecule is C[C@H]1C[C@@H](CC(=O)N2Cc3ccccc3C[C@H]2CO)O[C@]12C(=O)N(Cc1ccc(N3CCC3=O)cc1)c1ccc(N3CCC3=O)cc12. The molecular weight excluding hydrogens is 596 g/mol. The van der Waals surface area contributed by atoms with E-state index < -0.39 is 11.7 Å². The molecule has 0 aromatic heterocycles. The maximum absolute atomic E-state index is 14.6. The summed E-state index contributed by atoms with van der Waals surface area (Å²) < 4.78 is 6.78. The van der Waals surface area contributed by atoms with Crippen LogP contribution in [0.2, 0.25) is 0 Å². The molecule has 8 rings (SSSR count). The van der Waals surface area contributed by atoms with Crippen molar-refractivity contribution in [3.8, 4) is 0 Å². The number of rotatable bonds is 7. The number of ether oxygens (including phenoxy) is 1. The Balaban J connectivity index is 1.07. The maximum Gasteiger partial charge on any atom is 0.264 e. The lowest BCUT2D eigenvalue weighted by atomic mass is 9.82. The van der Waals surface area contributed by atoms with Crippen molar-refractivity contribution >= 4 is 40.7 Å². The van der Waals surface area contributed by atoms with Gasteiger partial charge in [-0.2, -0.15) is 0 Å². The van der Waals surface area contributed by atoms with Crippen molar-refractivity contribution in [2.75, 3.05) is 34.4 Å². The van der Waals surface area contributed by atoms with E-state index in [1.54, 1.807) is 19.6 Å². The fourth-order valence-electron chi connectivity index (χ4n) is 8.00. The number of benzene rings is 3. The van der Waals surface area contributed by atoms with Crippen LogP contribution in [0.5, 0.6) is 0 Å². The van der Waals surface area contributed by atoms with Crippen LogP contribution in [-0.2, 0) is 49.0 Å². The molecule has 3 aromatic rings. The van der Waals surface area contributed by atoms with E-state index in [9.17, 15) is 24.3 Å². The first-order valence-electron chi connectivity index (χ1n) is 16.6. The molecular formula is C37H38N4O6. The number of carbonyl (C=O) groups is 4. The fourth-order valence-corrected chi connectivity index (χ4v) is 8.00. The third kappa shape index (κ3) is 4.76. The number of aliphatic hydroxyl groups excluding tert-OH is 1. The number of fused-ring (bicyclic) bond motifs is 3. The highest BCUT2D eigenvalue weighted by Gasteiger charge is 2.60. The minimum absolute atomic E-state index is 0.0476. The average Bonchev–Trinajstić information content (AvgIpc) is 3.52. The van der Waals surface area contributed by atoms with Gasteiger partial charge in [0.1, 0.15) is 0 Å². The van der Waals surface area contributed by atoms with Crippen LogP contribution in [0.3, 0.4) is 0 Å². The predicted molar refractivity (Wildman–Crippen MR) is 175 cm³/mol. The lowest BCUT2D eigenvalue weighted by Gasteiger charge is -2.36. The van der Waals surface area contributed by atoms with Crippen molar-refractivity contribution in [2.24, 2.45) is 5.92 Å². The average molecular weight is 635 g/mol. The molecule has 3 fully saturated rings. The van der Waals surface area contributed by atoms with Crippen LogP contribution in [0.1, 0.15) is 54.9 Å². The normalized spacial score (nSPS) is 26.4. The van der Waals surface area contributed by atoms with E-state index in [1.165, 1.54) is 0 Å². The van der Waals surface area contributed by atoms with Crippen molar-refractivity contribution in [3.63, 3.8) is 0 Å². The van der Waals surface area contributed by atoms with Gasteiger partial charge in [0, 0.05) is 55.3 Å². The molecule has 0 bridgehead atoms. The molecule has 1 spiro atoms. The minimum atomic E-state index is -1.29. The zero-order chi connectivity index (χ0) is 32.4. The summed E-state index contributed by atoms with van der Waals surface area (Å²) in [6.45, 7) is 3.97. The molecule has 5 heterocycles. The molecule has 1 N–H and O–H groups in total. The fraction of sp³-hybridized carbons (Fsp3) is 0.405. The second-order valence-electron chi connectivity index (χ2n) is 13.5. The second kappa shape index (κ2) is 11.3. The van der Waals surface area contributed by atoms with E-state index in [1.807, 2.05) is 73.7 Å². The predicted octanol–water partition coefficient (Wildman–Crippen LogP) is 3.66. The van der Waals surface area contributed by atoms with Gasteiger partial charge in [0.15, 0.2) is 5.60 Å². The molecule has 10 heteroatoms. The summed E-state index contributed by atoms with van der Waals surface area (Å²) in [5.41, 5.74) is 4.90. The van der Waals surface area contributed by atoms with Gasteiger partial charge < -0.3 is 29.4 Å². The van der Waals surface area contributed by atoms with Gasteiger partial charge in [-0.05, 0) is 59.9 Å². The Labute approximate surface area is 273 Å². The number of anilines is 3. The van der Waals surface area contributed by atoms with E-state index in [4.69, 9.17) is 4.74 Å². The standard InChI is InChI=1S/C37H38N4O6/c1-23-16-30(19-35(45)40-21-26-5-3-2-4-25(26)17-29(40)22-42)47-37(23)31-18-28(39-15-13-34(39)44)10-11-32(31)41(36(37)46)20-24-6-8-27(9-7-24)38-14-12-33(38)43/h2-11,18,23,29-30,42H,12-17,19-22H2,1H3/t23-,29-,30-,37+/m0/s1. The molecule has 242 valence electrons. The third-order valence-corrected chi connectivity index (χ3v) is 10.8. The highest BCUT2D eigenvalue weighted by Crippen LogP contribution is 2.55. The first-order valence-corrected chi connectivity index (χ1v) is 16.6. The zero-order valence-corrected chi connectivity index (χ0v) is 26.4. The van der Waals surface area contributed by atoms with Crippen LogP contribution in [0, 0.1) is 5.92 Å². The van der Waals surface area contributed by atoms with E-state index in [0.717, 1.165) is 39.3 Å². The van der Waals surface area contributed by atoms with Crippen LogP contribution in [0.4, 0.5) is 17.1 Å². The number of amides is 4. The Morgan fingerprint density at radius 2 is 1.60 bits per heavy atom. The molecule has 4 amide bonds. The van der Waals surface area contributed by atoms with Gasteiger partial charge in [0.2, 0.25) is 17.7 Å². The number of aliphatic hydroxyl groups is 1. The topological polar surface area (TPSA) is 111 Å². The molecule has 0 aliphatic carbocycles. The molecule has 0 unspecified atom stereocenters. The summed E-state index contributed by atoms with van der Waals surface area (Å²) in [6, 6.07) is 21.1. The molecule has 0 radical (unpaired) electrons. The van der Waals surface area contributed by atoms with Gasteiger partial charge in [0.25, 0.3) is 5.91 Å². The van der Waals surface area contributed by atoms with E-state index >= 15 is 0 Å². The summed E-state index contributed by atoms with van der Waals surface area (Å²) in [6.07, 6.45) is 1.79. The smallest absolute Gasteiger partial charge is 0.264 e. The quantitative estimate of drug-likeness (QED) is 0.398. The van der Waals surface area contributed by atoms with Gasteiger partial charge in [0.05, 0.1) is 37.4 Å². The second-order valence-corrected chi connectivity index (χ2v) is 13.5. The molecule has 3 aromatic carbocycles. The number of hydrogen-bond donors (Lipinski definition) is 1. The molecule has 3 saturated heterocycles. The van der Waals surface area contributed by atoms with Crippen LogP contribution in [0.25, 0.3) is 0 Å². The van der Waals surface area contributed by atoms with Crippen LogP contribution in [0.15, 0.2) is 66.7 Å². The Hall–Kier alpha value is -4.54. The molecule has 4 atom stereocenters. The highest BCUT2D eigenvalue weighted by molar-refractivity contribution is 6.09. The Morgan fingerprint density at radius 1 is 0.915 bits per heavy atom. The highest BCUT2D eigenvalue weighted by atomic mass is 16.5. The van der Waals surface area contributed by atoms with Gasteiger partial charge in [-0.3, -0.25) is 19.2 Å². The zero-order valence-electron chi connectivity index (χ0n) is 26.4. The van der Waals surface area contributed by atoms with Gasteiger partial charge in [-0.15, -0.1) is 0 Å². The van der Waals surface area contributed by atoms with Crippen molar-refractivity contribution < 1.29 is 29.0 Å². The van der Waals surface area contributed by atoms with Crippen molar-refractivity contribution in [3.05, 3.63) is 89.0 Å². The Bertz CT molecular complexity index is 1790. The largest absolute Gasteiger partial charge is 0.394 e. The summed E-state index contributed by atoms with van der Waals surface area (Å²) in [7, 11) is 0. The summed E-state index contributed by atoms with van der Waals surface area (Å²) in [4.78, 5) is 59.7. The third-order valence-electron chi connectivity index (χ3n) is 10.8. The lowest BCUT2D eigenvalue weighted by Crippen LogP contribution is -2.47. The Morgan fingerprint density at radius 3 is 2.26 bits per heavy atom. The summed E-state index contributed by atoms with van der Waals surface area (Å²) in [5.74, 6) is -0.349. The van der Waals surface area contributed by atoms with Crippen molar-refractivity contribution in [1.29, 1.82) is 0 Å². The van der Waals surface area contributed by atoms with E-state index in [-0.39, 0.29) is 48.6 Å². The van der Waals surface area contributed by atoms with Crippen LogP contribution in [-0.4, -0.2) is 65.5 Å².